The van der Waals surface area contributed by atoms with Crippen molar-refractivity contribution in [3.05, 3.63) is 0 Å². The van der Waals surface area contributed by atoms with E-state index in [2.05, 4.69) is 0 Å². The minimum Gasteiger partial charge on any atom is -0.457 e. The van der Waals surface area contributed by atoms with Gasteiger partial charge in [-0.25, -0.2) is 0 Å². The molecule has 2 atom stereocenters. The summed E-state index contributed by atoms with van der Waals surface area (Å²) < 4.78 is 11.1. The minimum atomic E-state index is -0.380. The first-order valence-electron chi connectivity index (χ1n) is 6.93. The van der Waals surface area contributed by atoms with Crippen LogP contribution < -0.4 is 0 Å². The summed E-state index contributed by atoms with van der Waals surface area (Å²) in [4.78, 5) is 23.7. The Bertz CT molecular complexity index is 285. The molecule has 0 aromatic rings. The van der Waals surface area contributed by atoms with E-state index in [0.717, 1.165) is 11.5 Å². The molecular formula is C14H26O4S4. The number of hydrogen-bond acceptors (Lipinski definition) is 8. The summed E-state index contributed by atoms with van der Waals surface area (Å²) in [5.74, 6) is 2.30. The predicted octanol–water partition coefficient (Wildman–Crippen LogP) is 3.04. The van der Waals surface area contributed by atoms with E-state index in [-0.39, 0.29) is 24.1 Å². The largest absolute Gasteiger partial charge is 0.457 e. The molecule has 0 aliphatic carbocycles. The molecule has 8 heteroatoms. The monoisotopic (exact) mass is 386 g/mol. The zero-order valence-electron chi connectivity index (χ0n) is 13.7. The standard InChI is InChI=1S/C14H26O4S4/c1-19-7-5-13(15)17-11(9-21-3)12(10-22-4)18-14(16)6-8-20-2/h11-12H,5-10H2,1-4H3. The second-order valence-electron chi connectivity index (χ2n) is 4.45. The predicted molar refractivity (Wildman–Crippen MR) is 103 cm³/mol. The molecule has 0 saturated carbocycles. The van der Waals surface area contributed by atoms with E-state index in [0.29, 0.717) is 24.3 Å². The number of ether oxygens (including phenoxy) is 2. The summed E-state index contributed by atoms with van der Waals surface area (Å²) >= 11 is 6.40. The molecule has 0 saturated heterocycles. The van der Waals surface area contributed by atoms with E-state index in [1.807, 2.05) is 25.0 Å². The average molecular weight is 387 g/mol. The zero-order valence-corrected chi connectivity index (χ0v) is 16.9. The fourth-order valence-electron chi connectivity index (χ4n) is 1.59. The molecular weight excluding hydrogens is 360 g/mol. The number of thioether (sulfide) groups is 4. The van der Waals surface area contributed by atoms with Crippen LogP contribution in [0, 0.1) is 0 Å². The van der Waals surface area contributed by atoms with Gasteiger partial charge in [0, 0.05) is 23.0 Å². The van der Waals surface area contributed by atoms with Crippen molar-refractivity contribution < 1.29 is 19.1 Å². The second-order valence-corrected chi connectivity index (χ2v) is 8.25. The minimum absolute atomic E-state index is 0.223. The van der Waals surface area contributed by atoms with Crippen LogP contribution in [-0.4, -0.2) is 72.2 Å². The molecule has 0 heterocycles. The molecule has 0 N–H and O–H groups in total. The molecule has 0 aliphatic rings. The van der Waals surface area contributed by atoms with Gasteiger partial charge >= 0.3 is 11.9 Å². The highest BCUT2D eigenvalue weighted by Gasteiger charge is 2.28. The molecule has 0 spiro atoms. The average Bonchev–Trinajstić information content (AvgIpc) is 2.50. The Morgan fingerprint density at radius 1 is 0.727 bits per heavy atom. The normalized spacial score (nSPS) is 13.5. The highest BCUT2D eigenvalue weighted by molar-refractivity contribution is 7.99. The van der Waals surface area contributed by atoms with Gasteiger partial charge in [-0.3, -0.25) is 9.59 Å². The lowest BCUT2D eigenvalue weighted by Crippen LogP contribution is -2.39. The Labute approximate surface area is 151 Å². The van der Waals surface area contributed by atoms with Crippen LogP contribution >= 0.6 is 47.0 Å². The summed E-state index contributed by atoms with van der Waals surface area (Å²) in [6.45, 7) is 0. The van der Waals surface area contributed by atoms with Crippen LogP contribution in [0.3, 0.4) is 0 Å². The number of esters is 2. The van der Waals surface area contributed by atoms with Crippen molar-refractivity contribution in [3.63, 3.8) is 0 Å². The summed E-state index contributed by atoms with van der Waals surface area (Å²) in [7, 11) is 0. The SMILES string of the molecule is CSCCC(=O)OC(CSC)C(CSC)OC(=O)CCSC. The number of carbonyl (C=O) groups excluding carboxylic acids is 2. The first-order valence-corrected chi connectivity index (χ1v) is 12.5. The van der Waals surface area contributed by atoms with Crippen molar-refractivity contribution >= 4 is 59.0 Å². The lowest BCUT2D eigenvalue weighted by Gasteiger charge is -2.26. The Hall–Kier alpha value is 0.340. The third-order valence-corrected chi connectivity index (χ3v) is 5.21. The highest BCUT2D eigenvalue weighted by atomic mass is 32.2. The third-order valence-electron chi connectivity index (χ3n) is 2.66. The lowest BCUT2D eigenvalue weighted by atomic mass is 10.2. The van der Waals surface area contributed by atoms with Crippen LogP contribution in [0.4, 0.5) is 0 Å². The second kappa shape index (κ2) is 14.9. The van der Waals surface area contributed by atoms with Crippen molar-refractivity contribution in [2.75, 3.05) is 48.0 Å². The Morgan fingerprint density at radius 2 is 1.09 bits per heavy atom. The van der Waals surface area contributed by atoms with Crippen molar-refractivity contribution in [1.82, 2.24) is 0 Å². The Balaban J connectivity index is 4.63. The molecule has 0 aromatic carbocycles. The van der Waals surface area contributed by atoms with E-state index >= 15 is 0 Å². The molecule has 0 rings (SSSR count). The summed E-state index contributed by atoms with van der Waals surface area (Å²) in [6, 6.07) is 0. The Kier molecular flexibility index (Phi) is 15.1. The molecule has 22 heavy (non-hydrogen) atoms. The van der Waals surface area contributed by atoms with Gasteiger partial charge in [0.25, 0.3) is 0 Å². The van der Waals surface area contributed by atoms with Crippen molar-refractivity contribution in [2.24, 2.45) is 0 Å². The van der Waals surface area contributed by atoms with Crippen molar-refractivity contribution in [3.8, 4) is 0 Å². The fraction of sp³-hybridized carbons (Fsp3) is 0.857. The van der Waals surface area contributed by atoms with E-state index in [1.165, 1.54) is 0 Å². The van der Waals surface area contributed by atoms with Gasteiger partial charge in [-0.05, 0) is 25.0 Å². The quantitative estimate of drug-likeness (QED) is 0.448. The molecule has 0 fully saturated rings. The summed E-state index contributed by atoms with van der Waals surface area (Å²) in [5, 5.41) is 0. The molecule has 0 bridgehead atoms. The smallest absolute Gasteiger partial charge is 0.307 e. The van der Waals surface area contributed by atoms with Gasteiger partial charge in [0.05, 0.1) is 12.8 Å². The van der Waals surface area contributed by atoms with Gasteiger partial charge in [0.15, 0.2) is 0 Å². The maximum atomic E-state index is 11.9. The molecule has 0 aromatic heterocycles. The van der Waals surface area contributed by atoms with Crippen molar-refractivity contribution in [1.29, 1.82) is 0 Å². The highest BCUT2D eigenvalue weighted by Crippen LogP contribution is 2.16. The molecule has 4 nitrogen and oxygen atoms in total. The topological polar surface area (TPSA) is 52.6 Å². The molecule has 0 amide bonds. The van der Waals surface area contributed by atoms with Gasteiger partial charge in [0.2, 0.25) is 0 Å². The number of hydrogen-bond donors (Lipinski definition) is 0. The van der Waals surface area contributed by atoms with Crippen LogP contribution in [0.15, 0.2) is 0 Å². The Morgan fingerprint density at radius 3 is 1.36 bits per heavy atom. The van der Waals surface area contributed by atoms with E-state index < -0.39 is 0 Å². The van der Waals surface area contributed by atoms with Crippen LogP contribution in [0.25, 0.3) is 0 Å². The van der Waals surface area contributed by atoms with Gasteiger partial charge in [0.1, 0.15) is 12.2 Å². The molecule has 130 valence electrons. The van der Waals surface area contributed by atoms with E-state index in [4.69, 9.17) is 9.47 Å². The van der Waals surface area contributed by atoms with E-state index in [1.54, 1.807) is 47.0 Å². The molecule has 2 unspecified atom stereocenters. The fourth-order valence-corrected chi connectivity index (χ4v) is 3.55. The van der Waals surface area contributed by atoms with Crippen LogP contribution in [0.1, 0.15) is 12.8 Å². The van der Waals surface area contributed by atoms with Crippen molar-refractivity contribution in [2.45, 2.75) is 25.0 Å². The third kappa shape index (κ3) is 11.0. The molecule has 0 radical (unpaired) electrons. The number of carbonyl (C=O) groups is 2. The first-order chi connectivity index (χ1) is 10.6. The van der Waals surface area contributed by atoms with Gasteiger partial charge in [-0.1, -0.05) is 0 Å². The van der Waals surface area contributed by atoms with E-state index in [9.17, 15) is 9.59 Å². The number of rotatable bonds is 13. The van der Waals surface area contributed by atoms with Gasteiger partial charge in [-0.15, -0.1) is 0 Å². The van der Waals surface area contributed by atoms with Gasteiger partial charge in [-0.2, -0.15) is 47.0 Å². The van der Waals surface area contributed by atoms with Crippen LogP contribution in [-0.2, 0) is 19.1 Å². The van der Waals surface area contributed by atoms with Crippen LogP contribution in [0.2, 0.25) is 0 Å². The maximum Gasteiger partial charge on any atom is 0.307 e. The van der Waals surface area contributed by atoms with Crippen LogP contribution in [0.5, 0.6) is 0 Å². The molecule has 0 aliphatic heterocycles. The lowest BCUT2D eigenvalue weighted by molar-refractivity contribution is -0.164. The first kappa shape index (κ1) is 22.3. The maximum absolute atomic E-state index is 11.9. The zero-order chi connectivity index (χ0) is 16.8. The van der Waals surface area contributed by atoms with Gasteiger partial charge < -0.3 is 9.47 Å². The summed E-state index contributed by atoms with van der Waals surface area (Å²) in [5.41, 5.74) is 0. The summed E-state index contributed by atoms with van der Waals surface area (Å²) in [6.07, 6.45) is 7.83.